The van der Waals surface area contributed by atoms with Gasteiger partial charge in [-0.25, -0.2) is 8.42 Å². The quantitative estimate of drug-likeness (QED) is 0.662. The first-order chi connectivity index (χ1) is 15.4. The third-order valence-corrected chi connectivity index (χ3v) is 8.07. The molecule has 0 bridgehead atoms. The topological polar surface area (TPSA) is 76.1 Å². The molecular weight excluding hydrogens is 428 g/mol. The number of carbonyl (C=O) groups is 1. The fraction of sp³-hybridized carbons (Fsp3) is 0.458. The van der Waals surface area contributed by atoms with Crippen LogP contribution in [0, 0.1) is 5.92 Å². The highest BCUT2D eigenvalue weighted by Crippen LogP contribution is 2.34. The lowest BCUT2D eigenvalue weighted by atomic mass is 10.0. The smallest absolute Gasteiger partial charge is 0.254 e. The van der Waals surface area contributed by atoms with Gasteiger partial charge in [0.05, 0.1) is 4.90 Å². The summed E-state index contributed by atoms with van der Waals surface area (Å²) in [5.41, 5.74) is 1.34. The number of benzene rings is 2. The van der Waals surface area contributed by atoms with E-state index in [0.717, 1.165) is 18.4 Å². The van der Waals surface area contributed by atoms with Gasteiger partial charge in [-0.3, -0.25) is 4.79 Å². The third kappa shape index (κ3) is 4.61. The number of hydrogen-bond acceptors (Lipinski definition) is 5. The van der Waals surface area contributed by atoms with E-state index in [1.165, 1.54) is 12.1 Å². The number of para-hydroxylation sites is 1. The van der Waals surface area contributed by atoms with Gasteiger partial charge < -0.3 is 14.4 Å². The van der Waals surface area contributed by atoms with Crippen LogP contribution >= 0.6 is 0 Å². The largest absolute Gasteiger partial charge is 0.486 e. The van der Waals surface area contributed by atoms with Crippen LogP contribution in [0.15, 0.2) is 47.4 Å². The summed E-state index contributed by atoms with van der Waals surface area (Å²) < 4.78 is 38.8. The standard InChI is InChI=1S/C24H30N2O5S/c1-3-25(17-20-5-4-6-22-23(20)31-16-15-30-22)24(27)19-7-9-21(10-8-19)32(28,29)26-13-11-18(2)12-14-26/h4-10,18H,3,11-17H2,1-2H3. The van der Waals surface area contributed by atoms with Gasteiger partial charge in [-0.2, -0.15) is 4.31 Å². The Morgan fingerprint density at radius 2 is 1.75 bits per heavy atom. The molecule has 7 nitrogen and oxygen atoms in total. The highest BCUT2D eigenvalue weighted by atomic mass is 32.2. The summed E-state index contributed by atoms with van der Waals surface area (Å²) in [5.74, 6) is 1.77. The first-order valence-corrected chi connectivity index (χ1v) is 12.6. The van der Waals surface area contributed by atoms with E-state index in [9.17, 15) is 13.2 Å². The zero-order valence-electron chi connectivity index (χ0n) is 18.6. The van der Waals surface area contributed by atoms with Crippen LogP contribution < -0.4 is 9.47 Å². The van der Waals surface area contributed by atoms with E-state index in [1.54, 1.807) is 21.3 Å². The third-order valence-electron chi connectivity index (χ3n) is 6.16. The monoisotopic (exact) mass is 458 g/mol. The van der Waals surface area contributed by atoms with Gasteiger partial charge >= 0.3 is 0 Å². The molecule has 32 heavy (non-hydrogen) atoms. The van der Waals surface area contributed by atoms with Crippen LogP contribution in [0.3, 0.4) is 0 Å². The molecule has 2 heterocycles. The Kier molecular flexibility index (Phi) is 6.71. The van der Waals surface area contributed by atoms with Crippen LogP contribution in [0.4, 0.5) is 0 Å². The molecule has 0 spiro atoms. The highest BCUT2D eigenvalue weighted by Gasteiger charge is 2.28. The van der Waals surface area contributed by atoms with Crippen LogP contribution in [0.1, 0.15) is 42.6 Å². The van der Waals surface area contributed by atoms with E-state index in [1.807, 2.05) is 25.1 Å². The van der Waals surface area contributed by atoms with E-state index >= 15 is 0 Å². The predicted octanol–water partition coefficient (Wildman–Crippen LogP) is 3.54. The van der Waals surface area contributed by atoms with Gasteiger partial charge in [0.2, 0.25) is 10.0 Å². The molecule has 2 aliphatic heterocycles. The SMILES string of the molecule is CCN(Cc1cccc2c1OCCO2)C(=O)c1ccc(S(=O)(=O)N2CCC(C)CC2)cc1. The number of nitrogens with zero attached hydrogens (tertiary/aromatic N) is 2. The number of ether oxygens (including phenoxy) is 2. The Labute approximate surface area is 190 Å². The molecule has 0 aromatic heterocycles. The first-order valence-electron chi connectivity index (χ1n) is 11.2. The molecule has 0 aliphatic carbocycles. The van der Waals surface area contributed by atoms with Crippen molar-refractivity contribution in [1.29, 1.82) is 0 Å². The predicted molar refractivity (Wildman–Crippen MR) is 121 cm³/mol. The van der Waals surface area contributed by atoms with Crippen molar-refractivity contribution in [3.8, 4) is 11.5 Å². The molecule has 1 saturated heterocycles. The summed E-state index contributed by atoms with van der Waals surface area (Å²) >= 11 is 0. The molecule has 2 aromatic rings. The van der Waals surface area contributed by atoms with Crippen LogP contribution in [-0.2, 0) is 16.6 Å². The Balaban J connectivity index is 1.49. The van der Waals surface area contributed by atoms with Crippen LogP contribution in [0.5, 0.6) is 11.5 Å². The molecule has 0 N–H and O–H groups in total. The summed E-state index contributed by atoms with van der Waals surface area (Å²) in [4.78, 5) is 15.1. The highest BCUT2D eigenvalue weighted by molar-refractivity contribution is 7.89. The summed E-state index contributed by atoms with van der Waals surface area (Å²) in [6.07, 6.45) is 1.75. The molecule has 8 heteroatoms. The maximum Gasteiger partial charge on any atom is 0.254 e. The molecule has 1 fully saturated rings. The van der Waals surface area contributed by atoms with Crippen LogP contribution in [0.2, 0.25) is 0 Å². The second-order valence-electron chi connectivity index (χ2n) is 8.37. The Bertz CT molecular complexity index is 1060. The number of sulfonamides is 1. The lowest BCUT2D eigenvalue weighted by molar-refractivity contribution is 0.0749. The lowest BCUT2D eigenvalue weighted by Crippen LogP contribution is -2.37. The fourth-order valence-corrected chi connectivity index (χ4v) is 5.59. The average molecular weight is 459 g/mol. The van der Waals surface area contributed by atoms with Gasteiger partial charge in [0.25, 0.3) is 5.91 Å². The molecule has 4 rings (SSSR count). The molecule has 0 radical (unpaired) electrons. The summed E-state index contributed by atoms with van der Waals surface area (Å²) in [5, 5.41) is 0. The molecule has 0 atom stereocenters. The van der Waals surface area contributed by atoms with Crippen molar-refractivity contribution in [1.82, 2.24) is 9.21 Å². The molecule has 2 aromatic carbocycles. The number of amides is 1. The van der Waals surface area contributed by atoms with Gasteiger partial charge in [-0.1, -0.05) is 19.1 Å². The lowest BCUT2D eigenvalue weighted by Gasteiger charge is -2.29. The minimum absolute atomic E-state index is 0.155. The van der Waals surface area contributed by atoms with Gasteiger partial charge in [0, 0.05) is 37.3 Å². The maximum atomic E-state index is 13.1. The van der Waals surface area contributed by atoms with Crippen molar-refractivity contribution < 1.29 is 22.7 Å². The maximum absolute atomic E-state index is 13.1. The number of rotatable bonds is 6. The Hall–Kier alpha value is -2.58. The molecule has 0 saturated carbocycles. The number of carbonyl (C=O) groups excluding carboxylic acids is 1. The second-order valence-corrected chi connectivity index (χ2v) is 10.3. The van der Waals surface area contributed by atoms with Crippen molar-refractivity contribution in [3.63, 3.8) is 0 Å². The molecular formula is C24H30N2O5S. The van der Waals surface area contributed by atoms with Crippen molar-refractivity contribution >= 4 is 15.9 Å². The average Bonchev–Trinajstić information content (AvgIpc) is 2.82. The second kappa shape index (κ2) is 9.50. The minimum Gasteiger partial charge on any atom is -0.486 e. The van der Waals surface area contributed by atoms with Gasteiger partial charge in [0.1, 0.15) is 13.2 Å². The van der Waals surface area contributed by atoms with Crippen LogP contribution in [-0.4, -0.2) is 56.4 Å². The number of hydrogen-bond donors (Lipinski definition) is 0. The van der Waals surface area contributed by atoms with E-state index in [4.69, 9.17) is 9.47 Å². The van der Waals surface area contributed by atoms with E-state index in [-0.39, 0.29) is 10.8 Å². The number of fused-ring (bicyclic) bond motifs is 1. The van der Waals surface area contributed by atoms with Gasteiger partial charge in [-0.15, -0.1) is 0 Å². The molecule has 172 valence electrons. The van der Waals surface area contributed by atoms with Crippen molar-refractivity contribution in [3.05, 3.63) is 53.6 Å². The molecule has 0 unspecified atom stereocenters. The van der Waals surface area contributed by atoms with Crippen molar-refractivity contribution in [2.45, 2.75) is 38.1 Å². The summed E-state index contributed by atoms with van der Waals surface area (Å²) in [6, 6.07) is 12.0. The van der Waals surface area contributed by atoms with Gasteiger partial charge in [-0.05, 0) is 56.0 Å². The Morgan fingerprint density at radius 3 is 2.44 bits per heavy atom. The zero-order valence-corrected chi connectivity index (χ0v) is 19.4. The minimum atomic E-state index is -3.53. The van der Waals surface area contributed by atoms with E-state index < -0.39 is 10.0 Å². The van der Waals surface area contributed by atoms with E-state index in [2.05, 4.69) is 6.92 Å². The van der Waals surface area contributed by atoms with Crippen molar-refractivity contribution in [2.24, 2.45) is 5.92 Å². The van der Waals surface area contributed by atoms with E-state index in [0.29, 0.717) is 62.4 Å². The zero-order chi connectivity index (χ0) is 22.7. The Morgan fingerprint density at radius 1 is 1.06 bits per heavy atom. The van der Waals surface area contributed by atoms with Crippen molar-refractivity contribution in [2.75, 3.05) is 32.8 Å². The summed E-state index contributed by atoms with van der Waals surface area (Å²) in [7, 11) is -3.53. The normalized spacial score (nSPS) is 17.2. The first kappa shape index (κ1) is 22.6. The number of piperidine rings is 1. The molecule has 1 amide bonds. The van der Waals surface area contributed by atoms with Crippen LogP contribution in [0.25, 0.3) is 0 Å². The summed E-state index contributed by atoms with van der Waals surface area (Å²) in [6.45, 7) is 7.04. The fourth-order valence-electron chi connectivity index (χ4n) is 4.12. The molecule has 2 aliphatic rings. The van der Waals surface area contributed by atoms with Gasteiger partial charge in [0.15, 0.2) is 11.5 Å².